The third-order valence-electron chi connectivity index (χ3n) is 3.88. The van der Waals surface area contributed by atoms with Gasteiger partial charge in [-0.05, 0) is 6.07 Å². The highest BCUT2D eigenvalue weighted by Crippen LogP contribution is 2.35. The Bertz CT molecular complexity index is 510. The third-order valence-corrected chi connectivity index (χ3v) is 3.88. The number of likely N-dealkylation sites (N-methyl/N-ethyl adjacent to an activating group) is 1. The van der Waals surface area contributed by atoms with Crippen LogP contribution < -0.4 is 20.7 Å². The summed E-state index contributed by atoms with van der Waals surface area (Å²) < 4.78 is 34.8. The number of ether oxygens (including phenoxy) is 2. The molecule has 1 aliphatic heterocycles. The average molecular weight is 330 g/mol. The average Bonchev–Trinajstić information content (AvgIpc) is 2.54. The monoisotopic (exact) mass is 330 g/mol. The quantitative estimate of drug-likeness (QED) is 0.742. The Morgan fingerprint density at radius 1 is 1.39 bits per heavy atom. The summed E-state index contributed by atoms with van der Waals surface area (Å²) in [6, 6.07) is 3.16. The molecule has 0 bridgehead atoms. The summed E-state index contributed by atoms with van der Waals surface area (Å²) in [6.45, 7) is 2.05. The SMILES string of the molecule is CNc1cc(N)c(OC(F)F)cc1N(C)CCN1CCOCC1. The van der Waals surface area contributed by atoms with Gasteiger partial charge < -0.3 is 25.4 Å². The molecule has 2 rings (SSSR count). The summed E-state index contributed by atoms with van der Waals surface area (Å²) in [7, 11) is 3.68. The van der Waals surface area contributed by atoms with Crippen LogP contribution in [-0.2, 0) is 4.74 Å². The number of nitrogens with two attached hydrogens (primary N) is 1. The molecule has 0 unspecified atom stereocenters. The van der Waals surface area contributed by atoms with Crippen molar-refractivity contribution in [2.45, 2.75) is 6.61 Å². The molecule has 0 aromatic heterocycles. The van der Waals surface area contributed by atoms with Crippen molar-refractivity contribution in [2.75, 3.05) is 69.4 Å². The molecule has 3 N–H and O–H groups in total. The summed E-state index contributed by atoms with van der Waals surface area (Å²) in [5.41, 5.74) is 7.49. The largest absolute Gasteiger partial charge is 0.433 e. The van der Waals surface area contributed by atoms with E-state index in [0.717, 1.165) is 50.8 Å². The van der Waals surface area contributed by atoms with Gasteiger partial charge >= 0.3 is 6.61 Å². The van der Waals surface area contributed by atoms with Crippen LogP contribution in [-0.4, -0.2) is 65.0 Å². The first-order chi connectivity index (χ1) is 11.0. The summed E-state index contributed by atoms with van der Waals surface area (Å²) in [6.07, 6.45) is 0. The topological polar surface area (TPSA) is 63.0 Å². The number of rotatable bonds is 7. The highest BCUT2D eigenvalue weighted by atomic mass is 19.3. The van der Waals surface area contributed by atoms with Crippen LogP contribution in [0, 0.1) is 0 Å². The summed E-state index contributed by atoms with van der Waals surface area (Å²) in [5, 5.41) is 3.04. The van der Waals surface area contributed by atoms with Crippen molar-refractivity contribution in [3.8, 4) is 5.75 Å². The molecule has 1 fully saturated rings. The van der Waals surface area contributed by atoms with E-state index in [2.05, 4.69) is 15.0 Å². The van der Waals surface area contributed by atoms with E-state index in [-0.39, 0.29) is 11.4 Å². The molecule has 1 aromatic carbocycles. The molecule has 23 heavy (non-hydrogen) atoms. The lowest BCUT2D eigenvalue weighted by Gasteiger charge is -2.30. The van der Waals surface area contributed by atoms with Gasteiger partial charge in [-0.15, -0.1) is 0 Å². The van der Waals surface area contributed by atoms with Crippen LogP contribution in [0.2, 0.25) is 0 Å². The van der Waals surface area contributed by atoms with Crippen LogP contribution in [0.4, 0.5) is 25.8 Å². The van der Waals surface area contributed by atoms with Crippen LogP contribution in [0.15, 0.2) is 12.1 Å². The van der Waals surface area contributed by atoms with E-state index in [1.807, 2.05) is 11.9 Å². The Morgan fingerprint density at radius 2 is 2.09 bits per heavy atom. The van der Waals surface area contributed by atoms with Gasteiger partial charge in [0.15, 0.2) is 5.75 Å². The van der Waals surface area contributed by atoms with Crippen LogP contribution in [0.1, 0.15) is 0 Å². The highest BCUT2D eigenvalue weighted by molar-refractivity contribution is 5.78. The molecule has 1 heterocycles. The minimum Gasteiger partial charge on any atom is -0.433 e. The summed E-state index contributed by atoms with van der Waals surface area (Å²) in [5.74, 6) is -0.00720. The van der Waals surface area contributed by atoms with E-state index in [9.17, 15) is 8.78 Å². The van der Waals surface area contributed by atoms with E-state index in [1.54, 1.807) is 19.2 Å². The second kappa shape index (κ2) is 8.16. The van der Waals surface area contributed by atoms with Gasteiger partial charge in [-0.3, -0.25) is 4.90 Å². The van der Waals surface area contributed by atoms with Crippen molar-refractivity contribution in [3.63, 3.8) is 0 Å². The van der Waals surface area contributed by atoms with Crippen LogP contribution >= 0.6 is 0 Å². The number of alkyl halides is 2. The number of hydrogen-bond acceptors (Lipinski definition) is 6. The smallest absolute Gasteiger partial charge is 0.387 e. The number of halogens is 2. The molecule has 6 nitrogen and oxygen atoms in total. The van der Waals surface area contributed by atoms with Crippen molar-refractivity contribution in [1.29, 1.82) is 0 Å². The summed E-state index contributed by atoms with van der Waals surface area (Å²) in [4.78, 5) is 4.31. The molecular formula is C15H24F2N4O2. The second-order valence-corrected chi connectivity index (χ2v) is 5.41. The Kier molecular flexibility index (Phi) is 6.23. The first-order valence-electron chi connectivity index (χ1n) is 7.58. The van der Waals surface area contributed by atoms with Crippen molar-refractivity contribution in [3.05, 3.63) is 12.1 Å². The number of nitrogens with zero attached hydrogens (tertiary/aromatic N) is 2. The standard InChI is InChI=1S/C15H24F2N4O2/c1-19-12-9-11(18)14(23-15(16)17)10-13(12)20(2)3-4-21-5-7-22-8-6-21/h9-10,15,19H,3-8,18H2,1-2H3. The maximum absolute atomic E-state index is 12.5. The molecule has 1 aromatic rings. The molecular weight excluding hydrogens is 306 g/mol. The van der Waals surface area contributed by atoms with Gasteiger partial charge in [-0.1, -0.05) is 0 Å². The van der Waals surface area contributed by atoms with Gasteiger partial charge in [0.2, 0.25) is 0 Å². The molecule has 130 valence electrons. The fourth-order valence-corrected chi connectivity index (χ4v) is 2.54. The van der Waals surface area contributed by atoms with Crippen molar-refractivity contribution in [1.82, 2.24) is 4.90 Å². The molecule has 8 heteroatoms. The Morgan fingerprint density at radius 3 is 2.70 bits per heavy atom. The number of benzene rings is 1. The van der Waals surface area contributed by atoms with Gasteiger partial charge in [0.1, 0.15) is 0 Å². The predicted molar refractivity (Wildman–Crippen MR) is 87.6 cm³/mol. The lowest BCUT2D eigenvalue weighted by molar-refractivity contribution is -0.0492. The molecule has 0 spiro atoms. The number of nitrogen functional groups attached to an aromatic ring is 1. The normalized spacial score (nSPS) is 15.7. The van der Waals surface area contributed by atoms with Crippen molar-refractivity contribution >= 4 is 17.1 Å². The zero-order chi connectivity index (χ0) is 16.8. The zero-order valence-corrected chi connectivity index (χ0v) is 13.5. The molecule has 0 atom stereocenters. The second-order valence-electron chi connectivity index (χ2n) is 5.41. The maximum atomic E-state index is 12.5. The van der Waals surface area contributed by atoms with Crippen LogP contribution in [0.5, 0.6) is 5.75 Å². The Hall–Kier alpha value is -1.80. The number of nitrogens with one attached hydrogen (secondary N) is 1. The van der Waals surface area contributed by atoms with E-state index in [4.69, 9.17) is 10.5 Å². The fourth-order valence-electron chi connectivity index (χ4n) is 2.54. The summed E-state index contributed by atoms with van der Waals surface area (Å²) >= 11 is 0. The predicted octanol–water partition coefficient (Wildman–Crippen LogP) is 1.68. The molecule has 1 aliphatic rings. The van der Waals surface area contributed by atoms with E-state index in [0.29, 0.717) is 0 Å². The van der Waals surface area contributed by atoms with Crippen LogP contribution in [0.25, 0.3) is 0 Å². The van der Waals surface area contributed by atoms with Gasteiger partial charge in [-0.25, -0.2) is 0 Å². The maximum Gasteiger partial charge on any atom is 0.387 e. The van der Waals surface area contributed by atoms with Gasteiger partial charge in [0, 0.05) is 46.3 Å². The van der Waals surface area contributed by atoms with Crippen molar-refractivity contribution in [2.24, 2.45) is 0 Å². The minimum atomic E-state index is -2.90. The minimum absolute atomic E-state index is 0.00720. The highest BCUT2D eigenvalue weighted by Gasteiger charge is 2.16. The number of hydrogen-bond donors (Lipinski definition) is 2. The van der Waals surface area contributed by atoms with Crippen molar-refractivity contribution < 1.29 is 18.3 Å². The lowest BCUT2D eigenvalue weighted by atomic mass is 10.2. The van der Waals surface area contributed by atoms with Crippen LogP contribution in [0.3, 0.4) is 0 Å². The van der Waals surface area contributed by atoms with E-state index >= 15 is 0 Å². The first-order valence-corrected chi connectivity index (χ1v) is 7.58. The first kappa shape index (κ1) is 17.6. The molecule has 0 saturated carbocycles. The van der Waals surface area contributed by atoms with Gasteiger partial charge in [0.05, 0.1) is 30.3 Å². The molecule has 1 saturated heterocycles. The third kappa shape index (κ3) is 4.84. The zero-order valence-electron chi connectivity index (χ0n) is 13.5. The van der Waals surface area contributed by atoms with E-state index in [1.165, 1.54) is 0 Å². The Balaban J connectivity index is 2.08. The molecule has 0 aliphatic carbocycles. The molecule has 0 radical (unpaired) electrons. The van der Waals surface area contributed by atoms with Gasteiger partial charge in [-0.2, -0.15) is 8.78 Å². The molecule has 0 amide bonds. The van der Waals surface area contributed by atoms with E-state index < -0.39 is 6.61 Å². The number of anilines is 3. The Labute approximate surface area is 135 Å². The van der Waals surface area contributed by atoms with Gasteiger partial charge in [0.25, 0.3) is 0 Å². The number of morpholine rings is 1. The fraction of sp³-hybridized carbons (Fsp3) is 0.600. The lowest BCUT2D eigenvalue weighted by Crippen LogP contribution is -2.40.